The molecule has 2 saturated carbocycles. The average Bonchev–Trinajstić information content (AvgIpc) is 2.52. The van der Waals surface area contributed by atoms with Gasteiger partial charge in [0.15, 0.2) is 0 Å². The van der Waals surface area contributed by atoms with E-state index < -0.39 is 0 Å². The van der Waals surface area contributed by atoms with Crippen molar-refractivity contribution in [1.82, 2.24) is 0 Å². The standard InChI is InChI=1S/C18H31NO2/c1-14(21)17(11-15-5-3-2-4-6-15)12-19-18-9-7-16(13-20)8-10-18/h12,15-18,20H,2-11,13H2,1H3/b19-12+. The quantitative estimate of drug-likeness (QED) is 0.758. The fourth-order valence-corrected chi connectivity index (χ4v) is 3.82. The van der Waals surface area contributed by atoms with Gasteiger partial charge in [0.25, 0.3) is 0 Å². The Hall–Kier alpha value is -0.700. The highest BCUT2D eigenvalue weighted by atomic mass is 16.3. The summed E-state index contributed by atoms with van der Waals surface area (Å²) < 4.78 is 0. The van der Waals surface area contributed by atoms with E-state index in [1.54, 1.807) is 6.92 Å². The lowest BCUT2D eigenvalue weighted by Gasteiger charge is -2.26. The Kier molecular flexibility index (Phi) is 6.88. The van der Waals surface area contributed by atoms with Gasteiger partial charge in [-0.05, 0) is 50.9 Å². The number of carbonyl (C=O) groups excluding carboxylic acids is 1. The number of aliphatic imine (C=N–C) groups is 1. The molecule has 2 aliphatic rings. The second-order valence-corrected chi connectivity index (χ2v) is 7.11. The molecule has 3 nitrogen and oxygen atoms in total. The second-order valence-electron chi connectivity index (χ2n) is 7.11. The Morgan fingerprint density at radius 1 is 1.10 bits per heavy atom. The van der Waals surface area contributed by atoms with Gasteiger partial charge in [-0.2, -0.15) is 0 Å². The molecule has 1 atom stereocenters. The molecule has 0 spiro atoms. The number of ketones is 1. The van der Waals surface area contributed by atoms with Crippen LogP contribution >= 0.6 is 0 Å². The maximum Gasteiger partial charge on any atom is 0.138 e. The van der Waals surface area contributed by atoms with Gasteiger partial charge in [0.2, 0.25) is 0 Å². The summed E-state index contributed by atoms with van der Waals surface area (Å²) in [6.45, 7) is 2.02. The largest absolute Gasteiger partial charge is 0.396 e. The van der Waals surface area contributed by atoms with Crippen LogP contribution in [0, 0.1) is 17.8 Å². The van der Waals surface area contributed by atoms with Crippen LogP contribution < -0.4 is 0 Å². The lowest BCUT2D eigenvalue weighted by atomic mass is 9.82. The van der Waals surface area contributed by atoms with Crippen molar-refractivity contribution in [2.75, 3.05) is 6.61 Å². The van der Waals surface area contributed by atoms with Crippen LogP contribution in [0.3, 0.4) is 0 Å². The molecule has 1 N–H and O–H groups in total. The molecule has 0 aromatic heterocycles. The van der Waals surface area contributed by atoms with Crippen LogP contribution in [0.15, 0.2) is 4.99 Å². The summed E-state index contributed by atoms with van der Waals surface area (Å²) in [7, 11) is 0. The van der Waals surface area contributed by atoms with E-state index in [4.69, 9.17) is 10.1 Å². The molecule has 120 valence electrons. The third-order valence-electron chi connectivity index (χ3n) is 5.39. The molecule has 0 bridgehead atoms. The maximum absolute atomic E-state index is 11.9. The van der Waals surface area contributed by atoms with Gasteiger partial charge in [0.05, 0.1) is 5.92 Å². The zero-order valence-electron chi connectivity index (χ0n) is 13.5. The van der Waals surface area contributed by atoms with Gasteiger partial charge in [-0.1, -0.05) is 32.1 Å². The highest BCUT2D eigenvalue weighted by Crippen LogP contribution is 2.30. The molecule has 0 aromatic carbocycles. The molecule has 0 radical (unpaired) electrons. The van der Waals surface area contributed by atoms with Crippen molar-refractivity contribution in [2.45, 2.75) is 77.2 Å². The molecule has 0 heterocycles. The topological polar surface area (TPSA) is 49.7 Å². The van der Waals surface area contributed by atoms with E-state index in [0.717, 1.165) is 38.0 Å². The zero-order chi connectivity index (χ0) is 15.1. The SMILES string of the molecule is CC(=O)C(/C=N/C1CCC(CO)CC1)CC1CCCCC1. The number of rotatable bonds is 6. The minimum Gasteiger partial charge on any atom is -0.396 e. The van der Waals surface area contributed by atoms with Crippen LogP contribution in [0.1, 0.15) is 71.1 Å². The first-order valence-corrected chi connectivity index (χ1v) is 8.83. The molecule has 3 heteroatoms. The fourth-order valence-electron chi connectivity index (χ4n) is 3.82. The Balaban J connectivity index is 1.81. The van der Waals surface area contributed by atoms with E-state index >= 15 is 0 Å². The molecule has 2 fully saturated rings. The number of aliphatic hydroxyl groups excluding tert-OH is 1. The van der Waals surface area contributed by atoms with E-state index in [-0.39, 0.29) is 11.7 Å². The smallest absolute Gasteiger partial charge is 0.138 e. The fraction of sp³-hybridized carbons (Fsp3) is 0.889. The first-order chi connectivity index (χ1) is 10.2. The van der Waals surface area contributed by atoms with Gasteiger partial charge in [0.1, 0.15) is 5.78 Å². The molecule has 0 aromatic rings. The molecule has 2 rings (SSSR count). The van der Waals surface area contributed by atoms with Crippen LogP contribution in [0.25, 0.3) is 0 Å². The van der Waals surface area contributed by atoms with Crippen LogP contribution in [0.4, 0.5) is 0 Å². The van der Waals surface area contributed by atoms with Gasteiger partial charge >= 0.3 is 0 Å². The zero-order valence-corrected chi connectivity index (χ0v) is 13.5. The van der Waals surface area contributed by atoms with Crippen LogP contribution in [-0.2, 0) is 4.79 Å². The van der Waals surface area contributed by atoms with Crippen LogP contribution in [0.2, 0.25) is 0 Å². The molecule has 0 aliphatic heterocycles. The van der Waals surface area contributed by atoms with Gasteiger partial charge in [0, 0.05) is 18.9 Å². The number of nitrogens with zero attached hydrogens (tertiary/aromatic N) is 1. The Bertz CT molecular complexity index is 339. The van der Waals surface area contributed by atoms with Gasteiger partial charge in [-0.15, -0.1) is 0 Å². The van der Waals surface area contributed by atoms with Crippen molar-refractivity contribution in [3.63, 3.8) is 0 Å². The van der Waals surface area contributed by atoms with E-state index in [1.165, 1.54) is 32.1 Å². The Morgan fingerprint density at radius 3 is 2.33 bits per heavy atom. The predicted octanol–water partition coefficient (Wildman–Crippen LogP) is 3.78. The van der Waals surface area contributed by atoms with Gasteiger partial charge in [-0.3, -0.25) is 9.79 Å². The van der Waals surface area contributed by atoms with Gasteiger partial charge in [-0.25, -0.2) is 0 Å². The summed E-state index contributed by atoms with van der Waals surface area (Å²) in [5, 5.41) is 9.17. The summed E-state index contributed by atoms with van der Waals surface area (Å²) in [6.07, 6.45) is 13.9. The van der Waals surface area contributed by atoms with Crippen molar-refractivity contribution in [2.24, 2.45) is 22.7 Å². The molecule has 2 aliphatic carbocycles. The number of hydrogen-bond acceptors (Lipinski definition) is 3. The van der Waals surface area contributed by atoms with E-state index in [2.05, 4.69) is 0 Å². The molecule has 0 saturated heterocycles. The van der Waals surface area contributed by atoms with Crippen LogP contribution in [-0.4, -0.2) is 29.8 Å². The van der Waals surface area contributed by atoms with Crippen LogP contribution in [0.5, 0.6) is 0 Å². The molecule has 0 amide bonds. The minimum atomic E-state index is 0.0312. The van der Waals surface area contributed by atoms with Crippen molar-refractivity contribution in [1.29, 1.82) is 0 Å². The van der Waals surface area contributed by atoms with Crippen molar-refractivity contribution < 1.29 is 9.90 Å². The first kappa shape index (κ1) is 16.7. The molecule has 21 heavy (non-hydrogen) atoms. The van der Waals surface area contributed by atoms with E-state index in [1.807, 2.05) is 6.21 Å². The van der Waals surface area contributed by atoms with E-state index in [0.29, 0.717) is 18.6 Å². The predicted molar refractivity (Wildman–Crippen MR) is 86.7 cm³/mol. The molecular formula is C18H31NO2. The highest BCUT2D eigenvalue weighted by molar-refractivity contribution is 5.93. The summed E-state index contributed by atoms with van der Waals surface area (Å²) in [5.74, 6) is 1.50. The lowest BCUT2D eigenvalue weighted by molar-refractivity contribution is -0.119. The van der Waals surface area contributed by atoms with Crippen molar-refractivity contribution >= 4 is 12.0 Å². The van der Waals surface area contributed by atoms with Gasteiger partial charge < -0.3 is 5.11 Å². The maximum atomic E-state index is 11.9. The molecular weight excluding hydrogens is 262 g/mol. The number of hydrogen-bond donors (Lipinski definition) is 1. The van der Waals surface area contributed by atoms with Crippen molar-refractivity contribution in [3.05, 3.63) is 0 Å². The third-order valence-corrected chi connectivity index (χ3v) is 5.39. The Morgan fingerprint density at radius 2 is 1.76 bits per heavy atom. The highest BCUT2D eigenvalue weighted by Gasteiger charge is 2.23. The summed E-state index contributed by atoms with van der Waals surface area (Å²) in [5.41, 5.74) is 0. The van der Waals surface area contributed by atoms with E-state index in [9.17, 15) is 4.79 Å². The van der Waals surface area contributed by atoms with Crippen molar-refractivity contribution in [3.8, 4) is 0 Å². The normalized spacial score (nSPS) is 29.6. The number of aliphatic hydroxyl groups is 1. The first-order valence-electron chi connectivity index (χ1n) is 8.83. The minimum absolute atomic E-state index is 0.0312. The number of Topliss-reactive ketones (excluding diaryl/α,β-unsaturated/α-hetero) is 1. The summed E-state index contributed by atoms with van der Waals surface area (Å²) >= 11 is 0. The number of carbonyl (C=O) groups is 1. The summed E-state index contributed by atoms with van der Waals surface area (Å²) in [4.78, 5) is 16.6. The Labute approximate surface area is 129 Å². The molecule has 1 unspecified atom stereocenters. The average molecular weight is 293 g/mol. The lowest BCUT2D eigenvalue weighted by Crippen LogP contribution is -2.22. The summed E-state index contributed by atoms with van der Waals surface area (Å²) in [6, 6.07) is 0.376. The monoisotopic (exact) mass is 293 g/mol. The third kappa shape index (κ3) is 5.54. The second kappa shape index (κ2) is 8.67.